The summed E-state index contributed by atoms with van der Waals surface area (Å²) in [6, 6.07) is 7.67. The van der Waals surface area contributed by atoms with Crippen molar-refractivity contribution >= 4 is 5.96 Å². The van der Waals surface area contributed by atoms with Crippen LogP contribution in [0.2, 0.25) is 0 Å². The Bertz CT molecular complexity index is 619. The van der Waals surface area contributed by atoms with Crippen molar-refractivity contribution in [1.82, 2.24) is 10.2 Å². The maximum Gasteiger partial charge on any atom is 0.194 e. The van der Waals surface area contributed by atoms with Gasteiger partial charge in [0, 0.05) is 45.3 Å². The maximum absolute atomic E-state index is 5.95. The van der Waals surface area contributed by atoms with Gasteiger partial charge in [0.25, 0.3) is 0 Å². The van der Waals surface area contributed by atoms with Crippen molar-refractivity contribution in [2.24, 2.45) is 4.99 Å². The van der Waals surface area contributed by atoms with Crippen LogP contribution in [0, 0.1) is 0 Å². The number of benzene rings is 1. The molecular formula is C21H33N3O4. The van der Waals surface area contributed by atoms with Crippen LogP contribution >= 0.6 is 0 Å². The van der Waals surface area contributed by atoms with Gasteiger partial charge in [0.1, 0.15) is 17.6 Å². The predicted molar refractivity (Wildman–Crippen MR) is 109 cm³/mol. The van der Waals surface area contributed by atoms with Crippen molar-refractivity contribution in [2.45, 2.75) is 38.4 Å². The van der Waals surface area contributed by atoms with Crippen LogP contribution in [0.3, 0.4) is 0 Å². The molecule has 0 radical (unpaired) electrons. The lowest BCUT2D eigenvalue weighted by Crippen LogP contribution is -2.53. The van der Waals surface area contributed by atoms with Crippen molar-refractivity contribution in [3.8, 4) is 11.5 Å². The molecule has 28 heavy (non-hydrogen) atoms. The number of nitrogens with one attached hydrogen (secondary N) is 1. The van der Waals surface area contributed by atoms with Crippen LogP contribution < -0.4 is 14.8 Å². The molecule has 0 spiro atoms. The first-order valence-corrected chi connectivity index (χ1v) is 10.3. The summed E-state index contributed by atoms with van der Waals surface area (Å²) in [4.78, 5) is 7.09. The molecule has 0 aliphatic carbocycles. The number of methoxy groups -OCH3 is 1. The lowest BCUT2D eigenvalue weighted by molar-refractivity contribution is -0.0817. The second-order valence-electron chi connectivity index (χ2n) is 7.02. The molecule has 1 aromatic carbocycles. The fraction of sp³-hybridized carbons (Fsp3) is 0.667. The zero-order valence-corrected chi connectivity index (χ0v) is 17.1. The van der Waals surface area contributed by atoms with E-state index < -0.39 is 0 Å². The van der Waals surface area contributed by atoms with Crippen molar-refractivity contribution in [2.75, 3.05) is 53.1 Å². The lowest BCUT2D eigenvalue weighted by Gasteiger charge is -2.37. The van der Waals surface area contributed by atoms with Gasteiger partial charge < -0.3 is 29.2 Å². The molecule has 7 heteroatoms. The molecule has 0 bridgehead atoms. The number of nitrogens with zero attached hydrogens (tertiary/aromatic N) is 2. The molecule has 3 rings (SSSR count). The summed E-state index contributed by atoms with van der Waals surface area (Å²) in [6.07, 6.45) is 3.43. The first-order chi connectivity index (χ1) is 13.8. The second kappa shape index (κ2) is 11.1. The summed E-state index contributed by atoms with van der Waals surface area (Å²) in [5.41, 5.74) is 0. The van der Waals surface area contributed by atoms with Gasteiger partial charge in [0.2, 0.25) is 0 Å². The van der Waals surface area contributed by atoms with Crippen LogP contribution in [0.4, 0.5) is 0 Å². The SMILES string of the molecule is CCNC(=NCCCOc1cccc(OC)c1)N1CCOC(C2CCCO2)C1. The van der Waals surface area contributed by atoms with Crippen LogP contribution in [0.5, 0.6) is 11.5 Å². The van der Waals surface area contributed by atoms with Gasteiger partial charge in [-0.2, -0.15) is 0 Å². The summed E-state index contributed by atoms with van der Waals surface area (Å²) < 4.78 is 22.8. The molecule has 2 saturated heterocycles. The highest BCUT2D eigenvalue weighted by Gasteiger charge is 2.32. The van der Waals surface area contributed by atoms with Crippen molar-refractivity contribution < 1.29 is 18.9 Å². The Morgan fingerprint density at radius 1 is 1.25 bits per heavy atom. The Morgan fingerprint density at radius 3 is 2.89 bits per heavy atom. The van der Waals surface area contributed by atoms with E-state index in [-0.39, 0.29) is 12.2 Å². The smallest absolute Gasteiger partial charge is 0.194 e. The van der Waals surface area contributed by atoms with E-state index in [1.165, 1.54) is 0 Å². The van der Waals surface area contributed by atoms with Gasteiger partial charge in [-0.15, -0.1) is 0 Å². The van der Waals surface area contributed by atoms with Crippen LogP contribution in [-0.2, 0) is 9.47 Å². The quantitative estimate of drug-likeness (QED) is 0.417. The summed E-state index contributed by atoms with van der Waals surface area (Å²) in [6.45, 7) is 7.54. The number of ether oxygens (including phenoxy) is 4. The van der Waals surface area contributed by atoms with Gasteiger partial charge in [-0.3, -0.25) is 4.99 Å². The number of morpholine rings is 1. The molecule has 0 aromatic heterocycles. The van der Waals surface area contributed by atoms with E-state index in [9.17, 15) is 0 Å². The number of guanidine groups is 1. The Hall–Kier alpha value is -1.99. The van der Waals surface area contributed by atoms with Crippen LogP contribution in [0.15, 0.2) is 29.3 Å². The third-order valence-electron chi connectivity index (χ3n) is 4.98. The molecule has 0 saturated carbocycles. The summed E-state index contributed by atoms with van der Waals surface area (Å²) in [5, 5.41) is 3.41. The Balaban J connectivity index is 1.46. The van der Waals surface area contributed by atoms with Gasteiger partial charge in [0.05, 0.1) is 26.4 Å². The van der Waals surface area contributed by atoms with Crippen molar-refractivity contribution in [3.63, 3.8) is 0 Å². The third kappa shape index (κ3) is 6.01. The fourth-order valence-corrected chi connectivity index (χ4v) is 3.54. The van der Waals surface area contributed by atoms with E-state index in [4.69, 9.17) is 23.9 Å². The number of hydrogen-bond acceptors (Lipinski definition) is 5. The molecule has 2 unspecified atom stereocenters. The molecule has 2 heterocycles. The normalized spacial score (nSPS) is 22.9. The minimum absolute atomic E-state index is 0.136. The van der Waals surface area contributed by atoms with Crippen molar-refractivity contribution in [1.29, 1.82) is 0 Å². The maximum atomic E-state index is 5.95. The summed E-state index contributed by atoms with van der Waals surface area (Å²) in [7, 11) is 1.66. The van der Waals surface area contributed by atoms with Gasteiger partial charge in [-0.1, -0.05) is 6.07 Å². The molecule has 7 nitrogen and oxygen atoms in total. The molecule has 156 valence electrons. The zero-order valence-electron chi connectivity index (χ0n) is 17.1. The average Bonchev–Trinajstić information content (AvgIpc) is 3.28. The van der Waals surface area contributed by atoms with E-state index in [0.717, 1.165) is 63.0 Å². The monoisotopic (exact) mass is 391 g/mol. The molecule has 1 aromatic rings. The van der Waals surface area contributed by atoms with Gasteiger partial charge in [-0.05, 0) is 31.9 Å². The van der Waals surface area contributed by atoms with Crippen LogP contribution in [0.1, 0.15) is 26.2 Å². The minimum atomic E-state index is 0.136. The highest BCUT2D eigenvalue weighted by atomic mass is 16.5. The average molecular weight is 392 g/mol. The van der Waals surface area contributed by atoms with E-state index in [1.807, 2.05) is 24.3 Å². The van der Waals surface area contributed by atoms with E-state index >= 15 is 0 Å². The van der Waals surface area contributed by atoms with E-state index in [2.05, 4.69) is 17.1 Å². The molecule has 2 fully saturated rings. The summed E-state index contributed by atoms with van der Waals surface area (Å²) in [5.74, 6) is 2.58. The second-order valence-corrected chi connectivity index (χ2v) is 7.02. The van der Waals surface area contributed by atoms with Gasteiger partial charge in [0.15, 0.2) is 5.96 Å². The molecule has 2 atom stereocenters. The highest BCUT2D eigenvalue weighted by molar-refractivity contribution is 5.80. The van der Waals surface area contributed by atoms with Crippen LogP contribution in [0.25, 0.3) is 0 Å². The van der Waals surface area contributed by atoms with E-state index in [0.29, 0.717) is 19.8 Å². The lowest BCUT2D eigenvalue weighted by atomic mass is 10.1. The fourth-order valence-electron chi connectivity index (χ4n) is 3.54. The minimum Gasteiger partial charge on any atom is -0.497 e. The molecule has 2 aliphatic rings. The molecule has 0 amide bonds. The van der Waals surface area contributed by atoms with Crippen molar-refractivity contribution in [3.05, 3.63) is 24.3 Å². The Kier molecular flexibility index (Phi) is 8.23. The number of aliphatic imine (C=N–C) groups is 1. The first-order valence-electron chi connectivity index (χ1n) is 10.3. The largest absolute Gasteiger partial charge is 0.497 e. The molecule has 2 aliphatic heterocycles. The highest BCUT2D eigenvalue weighted by Crippen LogP contribution is 2.21. The number of rotatable bonds is 8. The molecular weight excluding hydrogens is 358 g/mol. The Labute approximate surface area is 168 Å². The summed E-state index contributed by atoms with van der Waals surface area (Å²) >= 11 is 0. The first kappa shape index (κ1) is 20.7. The van der Waals surface area contributed by atoms with Gasteiger partial charge >= 0.3 is 0 Å². The zero-order chi connectivity index (χ0) is 19.6. The molecule has 1 N–H and O–H groups in total. The predicted octanol–water partition coefficient (Wildman–Crippen LogP) is 2.31. The Morgan fingerprint density at radius 2 is 2.11 bits per heavy atom. The topological polar surface area (TPSA) is 64.6 Å². The van der Waals surface area contributed by atoms with E-state index in [1.54, 1.807) is 7.11 Å². The van der Waals surface area contributed by atoms with Gasteiger partial charge in [-0.25, -0.2) is 0 Å². The third-order valence-corrected chi connectivity index (χ3v) is 4.98. The van der Waals surface area contributed by atoms with Crippen LogP contribution in [-0.4, -0.2) is 76.2 Å². The standard InChI is InChI=1S/C21H33N3O4/c1-3-22-21(24-11-14-28-20(16-24)19-9-5-12-27-19)23-10-6-13-26-18-8-4-7-17(15-18)25-2/h4,7-8,15,19-20H,3,5-6,9-14,16H2,1-2H3,(H,22,23). The number of hydrogen-bond donors (Lipinski definition) is 1.